The molecule has 3 aliphatic heterocycles. The minimum atomic E-state index is -0.960. The van der Waals surface area contributed by atoms with Crippen molar-refractivity contribution in [2.45, 2.75) is 37.5 Å². The molecule has 1 aromatic rings. The SMILES string of the molecule is C=C(C)C[C@H]1N(CCc2ccccc2)C(=O)[C@H]2[C@H](C(=O)O)[C@@H]3C=C[C@]21O3. The van der Waals surface area contributed by atoms with Crippen molar-refractivity contribution in [1.29, 1.82) is 0 Å². The molecule has 0 aliphatic carbocycles. The highest BCUT2D eigenvalue weighted by atomic mass is 16.5. The molecule has 2 saturated heterocycles. The number of hydrogen-bond acceptors (Lipinski definition) is 3. The van der Waals surface area contributed by atoms with Crippen LogP contribution in [0, 0.1) is 11.8 Å². The molecule has 0 radical (unpaired) electrons. The van der Waals surface area contributed by atoms with Gasteiger partial charge < -0.3 is 14.7 Å². The first-order chi connectivity index (χ1) is 12.4. The minimum Gasteiger partial charge on any atom is -0.481 e. The Bertz CT molecular complexity index is 786. The largest absolute Gasteiger partial charge is 0.481 e. The number of aliphatic carboxylic acids is 1. The average Bonchev–Trinajstić information content (AvgIpc) is 3.24. The second-order valence-corrected chi connectivity index (χ2v) is 7.58. The lowest BCUT2D eigenvalue weighted by Gasteiger charge is -2.33. The summed E-state index contributed by atoms with van der Waals surface area (Å²) in [5.41, 5.74) is 1.28. The molecule has 1 N–H and O–H groups in total. The van der Waals surface area contributed by atoms with Crippen molar-refractivity contribution in [2.75, 3.05) is 6.54 Å². The van der Waals surface area contributed by atoms with Gasteiger partial charge in [0.15, 0.2) is 0 Å². The van der Waals surface area contributed by atoms with E-state index < -0.39 is 29.5 Å². The van der Waals surface area contributed by atoms with Gasteiger partial charge in [0.1, 0.15) is 11.5 Å². The molecule has 5 heteroatoms. The van der Waals surface area contributed by atoms with Gasteiger partial charge >= 0.3 is 5.97 Å². The number of fused-ring (bicyclic) bond motifs is 1. The van der Waals surface area contributed by atoms with Gasteiger partial charge in [-0.15, -0.1) is 6.58 Å². The van der Waals surface area contributed by atoms with Crippen molar-refractivity contribution in [3.63, 3.8) is 0 Å². The Labute approximate surface area is 152 Å². The Hall–Kier alpha value is -2.40. The van der Waals surface area contributed by atoms with Crippen LogP contribution in [0.15, 0.2) is 54.6 Å². The van der Waals surface area contributed by atoms with Crippen LogP contribution in [-0.2, 0) is 20.7 Å². The van der Waals surface area contributed by atoms with Crippen molar-refractivity contribution in [1.82, 2.24) is 4.90 Å². The average molecular weight is 353 g/mol. The van der Waals surface area contributed by atoms with E-state index in [-0.39, 0.29) is 11.9 Å². The molecule has 0 aromatic heterocycles. The summed E-state index contributed by atoms with van der Waals surface area (Å²) in [6.07, 6.45) is 4.57. The normalized spacial score (nSPS) is 34.3. The van der Waals surface area contributed by atoms with Crippen LogP contribution in [0.25, 0.3) is 0 Å². The molecule has 4 rings (SSSR count). The van der Waals surface area contributed by atoms with E-state index >= 15 is 0 Å². The molecule has 1 amide bonds. The van der Waals surface area contributed by atoms with Crippen LogP contribution in [0.4, 0.5) is 0 Å². The summed E-state index contributed by atoms with van der Waals surface area (Å²) >= 11 is 0. The van der Waals surface area contributed by atoms with E-state index in [0.717, 1.165) is 17.6 Å². The van der Waals surface area contributed by atoms with Crippen molar-refractivity contribution in [2.24, 2.45) is 11.8 Å². The lowest BCUT2D eigenvalue weighted by molar-refractivity contribution is -0.148. The molecule has 3 heterocycles. The lowest BCUT2D eigenvalue weighted by atomic mass is 9.74. The number of carboxylic acids is 1. The summed E-state index contributed by atoms with van der Waals surface area (Å²) in [6, 6.07) is 9.80. The monoisotopic (exact) mass is 353 g/mol. The van der Waals surface area contributed by atoms with Gasteiger partial charge in [0.25, 0.3) is 0 Å². The summed E-state index contributed by atoms with van der Waals surface area (Å²) in [5.74, 6) is -2.51. The fourth-order valence-electron chi connectivity index (χ4n) is 4.76. The van der Waals surface area contributed by atoms with Crippen LogP contribution < -0.4 is 0 Å². The van der Waals surface area contributed by atoms with Crippen molar-refractivity contribution in [3.8, 4) is 0 Å². The van der Waals surface area contributed by atoms with Gasteiger partial charge in [-0.2, -0.15) is 0 Å². The van der Waals surface area contributed by atoms with Crippen LogP contribution in [0.1, 0.15) is 18.9 Å². The maximum atomic E-state index is 13.2. The summed E-state index contributed by atoms with van der Waals surface area (Å²) in [6.45, 7) is 6.49. The first kappa shape index (κ1) is 17.0. The molecule has 2 fully saturated rings. The van der Waals surface area contributed by atoms with E-state index in [1.54, 1.807) is 0 Å². The third kappa shape index (κ3) is 2.42. The summed E-state index contributed by atoms with van der Waals surface area (Å²) in [5, 5.41) is 9.66. The summed E-state index contributed by atoms with van der Waals surface area (Å²) < 4.78 is 6.13. The Morgan fingerprint density at radius 1 is 1.35 bits per heavy atom. The van der Waals surface area contributed by atoms with Gasteiger partial charge in [-0.05, 0) is 25.3 Å². The van der Waals surface area contributed by atoms with Crippen molar-refractivity contribution >= 4 is 11.9 Å². The molecule has 1 spiro atoms. The van der Waals surface area contributed by atoms with Crippen LogP contribution in [0.2, 0.25) is 0 Å². The third-order valence-corrected chi connectivity index (χ3v) is 5.84. The molecule has 136 valence electrons. The molecule has 5 atom stereocenters. The zero-order valence-electron chi connectivity index (χ0n) is 14.8. The van der Waals surface area contributed by atoms with Gasteiger partial charge in [-0.25, -0.2) is 0 Å². The topological polar surface area (TPSA) is 66.8 Å². The highest BCUT2D eigenvalue weighted by Gasteiger charge is 2.70. The van der Waals surface area contributed by atoms with E-state index in [9.17, 15) is 14.7 Å². The molecular formula is C21H23NO4. The quantitative estimate of drug-likeness (QED) is 0.798. The Morgan fingerprint density at radius 3 is 2.73 bits per heavy atom. The summed E-state index contributed by atoms with van der Waals surface area (Å²) in [4.78, 5) is 26.8. The number of nitrogens with zero attached hydrogens (tertiary/aromatic N) is 1. The van der Waals surface area contributed by atoms with Gasteiger partial charge in [0.05, 0.1) is 18.1 Å². The van der Waals surface area contributed by atoms with E-state index in [0.29, 0.717) is 13.0 Å². The van der Waals surface area contributed by atoms with Crippen molar-refractivity contribution < 1.29 is 19.4 Å². The molecule has 0 unspecified atom stereocenters. The number of carbonyl (C=O) groups is 2. The minimum absolute atomic E-state index is 0.105. The lowest BCUT2D eigenvalue weighted by Crippen LogP contribution is -2.45. The number of carbonyl (C=O) groups excluding carboxylic acids is 1. The zero-order chi connectivity index (χ0) is 18.5. The molecular weight excluding hydrogens is 330 g/mol. The summed E-state index contributed by atoms with van der Waals surface area (Å²) in [7, 11) is 0. The molecule has 1 aromatic carbocycles. The Kier molecular flexibility index (Phi) is 3.99. The number of benzene rings is 1. The third-order valence-electron chi connectivity index (χ3n) is 5.84. The Morgan fingerprint density at radius 2 is 2.08 bits per heavy atom. The number of hydrogen-bond donors (Lipinski definition) is 1. The molecule has 2 bridgehead atoms. The van der Waals surface area contributed by atoms with Crippen molar-refractivity contribution in [3.05, 3.63) is 60.2 Å². The second kappa shape index (κ2) is 6.09. The number of likely N-dealkylation sites (tertiary alicyclic amines) is 1. The number of ether oxygens (including phenoxy) is 1. The van der Waals surface area contributed by atoms with Crippen LogP contribution in [0.5, 0.6) is 0 Å². The van der Waals surface area contributed by atoms with Gasteiger partial charge in [0.2, 0.25) is 5.91 Å². The second-order valence-electron chi connectivity index (χ2n) is 7.58. The zero-order valence-corrected chi connectivity index (χ0v) is 14.8. The standard InChI is InChI=1S/C21H23NO4/c1-13(2)12-16-21-10-8-15(26-21)17(20(24)25)18(21)19(23)22(16)11-9-14-6-4-3-5-7-14/h3-8,10,15-18H,1,9,11-12H2,2H3,(H,24,25)/t15-,16+,17+,18+,21+/m0/s1. The van der Waals surface area contributed by atoms with E-state index in [1.807, 2.05) is 54.3 Å². The maximum absolute atomic E-state index is 13.2. The smallest absolute Gasteiger partial charge is 0.310 e. The highest BCUT2D eigenvalue weighted by molar-refractivity contribution is 5.91. The predicted octanol–water partition coefficient (Wildman–Crippen LogP) is 2.43. The first-order valence-electron chi connectivity index (χ1n) is 9.03. The first-order valence-corrected chi connectivity index (χ1v) is 9.03. The molecule has 0 saturated carbocycles. The van der Waals surface area contributed by atoms with Gasteiger partial charge in [0, 0.05) is 6.54 Å². The molecule has 5 nitrogen and oxygen atoms in total. The molecule has 26 heavy (non-hydrogen) atoms. The number of carboxylic acid groups (broad SMARTS) is 1. The Balaban J connectivity index is 1.65. The van der Waals surface area contributed by atoms with Gasteiger partial charge in [-0.3, -0.25) is 9.59 Å². The van der Waals surface area contributed by atoms with E-state index in [2.05, 4.69) is 6.58 Å². The van der Waals surface area contributed by atoms with Crippen LogP contribution in [0.3, 0.4) is 0 Å². The van der Waals surface area contributed by atoms with E-state index in [1.165, 1.54) is 0 Å². The van der Waals surface area contributed by atoms with E-state index in [4.69, 9.17) is 4.74 Å². The number of amides is 1. The highest BCUT2D eigenvalue weighted by Crippen LogP contribution is 2.55. The maximum Gasteiger partial charge on any atom is 0.310 e. The fourth-order valence-corrected chi connectivity index (χ4v) is 4.76. The van der Waals surface area contributed by atoms with Gasteiger partial charge in [-0.1, -0.05) is 48.1 Å². The van der Waals surface area contributed by atoms with Crippen LogP contribution >= 0.6 is 0 Å². The predicted molar refractivity (Wildman–Crippen MR) is 96.4 cm³/mol. The fraction of sp³-hybridized carbons (Fsp3) is 0.429. The molecule has 3 aliphatic rings. The van der Waals surface area contributed by atoms with Crippen LogP contribution in [-0.4, -0.2) is 46.2 Å². The number of rotatable bonds is 6.